The Balaban J connectivity index is 1.35. The molecule has 2 fully saturated rings. The number of hydrazine groups is 1. The van der Waals surface area contributed by atoms with Gasteiger partial charge in [0.2, 0.25) is 17.6 Å². The van der Waals surface area contributed by atoms with E-state index < -0.39 is 18.3 Å². The molecule has 5 rings (SSSR count). The van der Waals surface area contributed by atoms with Gasteiger partial charge >= 0.3 is 6.36 Å². The Morgan fingerprint density at radius 1 is 1.24 bits per heavy atom. The Labute approximate surface area is 191 Å². The van der Waals surface area contributed by atoms with Gasteiger partial charge in [-0.1, -0.05) is 16.8 Å². The average Bonchev–Trinajstić information content (AvgIpc) is 3.41. The number of carbonyl (C=O) groups excluding carboxylic acids is 1. The Bertz CT molecular complexity index is 1090. The molecule has 3 aliphatic heterocycles. The second kappa shape index (κ2) is 8.50. The van der Waals surface area contributed by atoms with Gasteiger partial charge in [0.25, 0.3) is 0 Å². The van der Waals surface area contributed by atoms with Crippen LogP contribution in [0.25, 0.3) is 11.4 Å². The van der Waals surface area contributed by atoms with Crippen LogP contribution < -0.4 is 20.8 Å². The van der Waals surface area contributed by atoms with Gasteiger partial charge in [-0.25, -0.2) is 5.43 Å². The Kier molecular flexibility index (Phi) is 5.67. The lowest BCUT2D eigenvalue weighted by molar-refractivity contribution is -0.274. The number of nitrogens with zero attached hydrogens (tertiary/aromatic N) is 3. The van der Waals surface area contributed by atoms with Crippen molar-refractivity contribution < 1.29 is 27.2 Å². The number of amides is 1. The number of ether oxygens (including phenoxy) is 1. The van der Waals surface area contributed by atoms with E-state index in [0.29, 0.717) is 18.0 Å². The van der Waals surface area contributed by atoms with Gasteiger partial charge < -0.3 is 19.9 Å². The SMILES string of the molecule is O=C1C=C(C2CCNCC2)N2NCC(c3nc(-c4ccc(OC(F)(F)F)c(Cl)c4)no3)C2N1. The highest BCUT2D eigenvalue weighted by Gasteiger charge is 2.44. The van der Waals surface area contributed by atoms with E-state index in [-0.39, 0.29) is 28.6 Å². The van der Waals surface area contributed by atoms with Crippen LogP contribution >= 0.6 is 11.6 Å². The number of rotatable bonds is 4. The first kappa shape index (κ1) is 22.0. The van der Waals surface area contributed by atoms with Gasteiger partial charge in [0.15, 0.2) is 0 Å². The zero-order chi connectivity index (χ0) is 23.2. The summed E-state index contributed by atoms with van der Waals surface area (Å²) in [5.74, 6) is -0.281. The van der Waals surface area contributed by atoms with E-state index in [1.807, 2.05) is 5.01 Å². The summed E-state index contributed by atoms with van der Waals surface area (Å²) in [6.07, 6.45) is -1.74. The minimum atomic E-state index is -4.85. The number of fused-ring (bicyclic) bond motifs is 1. The number of allylic oxidation sites excluding steroid dienone is 1. The molecular formula is C20H20ClF3N6O3. The number of aromatic nitrogens is 2. The molecule has 0 radical (unpaired) electrons. The summed E-state index contributed by atoms with van der Waals surface area (Å²) in [6, 6.07) is 3.73. The summed E-state index contributed by atoms with van der Waals surface area (Å²) in [5, 5.41) is 11.9. The molecule has 1 aromatic heterocycles. The molecule has 2 saturated heterocycles. The molecule has 4 heterocycles. The number of halogens is 4. The highest BCUT2D eigenvalue weighted by Crippen LogP contribution is 2.36. The van der Waals surface area contributed by atoms with E-state index >= 15 is 0 Å². The standard InChI is InChI=1S/C20H20ClF3N6O3/c21-13-7-11(1-2-15(13)32-20(22,23)24)17-28-19(33-29-17)12-9-26-30-14(8-16(31)27-18(12)30)10-3-5-25-6-4-10/h1-2,7-8,10,12,18,25-26H,3-6,9H2,(H,27,31). The van der Waals surface area contributed by atoms with Crippen LogP contribution in [0.3, 0.4) is 0 Å². The molecule has 3 aliphatic rings. The van der Waals surface area contributed by atoms with Crippen LogP contribution in [0.5, 0.6) is 5.75 Å². The van der Waals surface area contributed by atoms with Crippen LogP contribution in [0.4, 0.5) is 13.2 Å². The fraction of sp³-hybridized carbons (Fsp3) is 0.450. The third-order valence-corrected chi connectivity index (χ3v) is 6.22. The van der Waals surface area contributed by atoms with Crippen molar-refractivity contribution in [3.05, 3.63) is 40.9 Å². The van der Waals surface area contributed by atoms with E-state index in [2.05, 4.69) is 30.9 Å². The highest BCUT2D eigenvalue weighted by atomic mass is 35.5. The first-order valence-electron chi connectivity index (χ1n) is 10.4. The minimum Gasteiger partial charge on any atom is -0.404 e. The van der Waals surface area contributed by atoms with Crippen LogP contribution in [0.1, 0.15) is 24.7 Å². The molecule has 1 aromatic carbocycles. The number of alkyl halides is 3. The number of nitrogens with one attached hydrogen (secondary N) is 3. The largest absolute Gasteiger partial charge is 0.573 e. The summed E-state index contributed by atoms with van der Waals surface area (Å²) < 4.78 is 46.7. The van der Waals surface area contributed by atoms with E-state index in [0.717, 1.165) is 37.7 Å². The highest BCUT2D eigenvalue weighted by molar-refractivity contribution is 6.32. The zero-order valence-electron chi connectivity index (χ0n) is 17.2. The van der Waals surface area contributed by atoms with Crippen molar-refractivity contribution in [2.75, 3.05) is 19.6 Å². The molecule has 13 heteroatoms. The number of benzene rings is 1. The molecular weight excluding hydrogens is 465 g/mol. The van der Waals surface area contributed by atoms with Gasteiger partial charge in [-0.2, -0.15) is 4.98 Å². The maximum Gasteiger partial charge on any atom is 0.573 e. The van der Waals surface area contributed by atoms with Crippen molar-refractivity contribution in [2.24, 2.45) is 5.92 Å². The van der Waals surface area contributed by atoms with E-state index in [1.165, 1.54) is 12.1 Å². The monoisotopic (exact) mass is 484 g/mol. The molecule has 2 atom stereocenters. The van der Waals surface area contributed by atoms with Gasteiger partial charge in [0.1, 0.15) is 11.9 Å². The van der Waals surface area contributed by atoms with Crippen LogP contribution in [0, 0.1) is 5.92 Å². The molecule has 0 aliphatic carbocycles. The van der Waals surface area contributed by atoms with Gasteiger partial charge in [-0.3, -0.25) is 9.80 Å². The lowest BCUT2D eigenvalue weighted by Crippen LogP contribution is -2.53. The summed E-state index contributed by atoms with van der Waals surface area (Å²) in [4.78, 5) is 16.8. The first-order valence-corrected chi connectivity index (χ1v) is 10.8. The summed E-state index contributed by atoms with van der Waals surface area (Å²) in [7, 11) is 0. The Hall–Kier alpha value is -2.83. The molecule has 3 N–H and O–H groups in total. The molecule has 33 heavy (non-hydrogen) atoms. The lowest BCUT2D eigenvalue weighted by atomic mass is 9.92. The van der Waals surface area contributed by atoms with Gasteiger partial charge in [-0.05, 0) is 44.1 Å². The number of piperidine rings is 1. The van der Waals surface area contributed by atoms with Crippen LogP contribution in [0.15, 0.2) is 34.5 Å². The second-order valence-corrected chi connectivity index (χ2v) is 8.44. The van der Waals surface area contributed by atoms with E-state index in [4.69, 9.17) is 16.1 Å². The van der Waals surface area contributed by atoms with E-state index in [1.54, 1.807) is 6.08 Å². The van der Waals surface area contributed by atoms with Gasteiger partial charge in [-0.15, -0.1) is 13.2 Å². The van der Waals surface area contributed by atoms with Crippen LogP contribution in [-0.2, 0) is 4.79 Å². The topological polar surface area (TPSA) is 105 Å². The maximum atomic E-state index is 12.5. The Morgan fingerprint density at radius 2 is 2.03 bits per heavy atom. The minimum absolute atomic E-state index is 0.167. The van der Waals surface area contributed by atoms with Crippen LogP contribution in [0.2, 0.25) is 5.02 Å². The van der Waals surface area contributed by atoms with E-state index in [9.17, 15) is 18.0 Å². The predicted molar refractivity (Wildman–Crippen MR) is 110 cm³/mol. The molecule has 0 spiro atoms. The van der Waals surface area contributed by atoms with Crippen molar-refractivity contribution in [1.82, 2.24) is 31.2 Å². The number of carbonyl (C=O) groups is 1. The number of hydrogen-bond acceptors (Lipinski definition) is 8. The summed E-state index contributed by atoms with van der Waals surface area (Å²) in [5.41, 5.74) is 4.64. The van der Waals surface area contributed by atoms with Crippen molar-refractivity contribution in [2.45, 2.75) is 31.3 Å². The van der Waals surface area contributed by atoms with Crippen molar-refractivity contribution in [3.8, 4) is 17.1 Å². The molecule has 176 valence electrons. The van der Waals surface area contributed by atoms with Crippen molar-refractivity contribution in [1.29, 1.82) is 0 Å². The molecule has 2 unspecified atom stereocenters. The third-order valence-electron chi connectivity index (χ3n) is 5.92. The molecule has 0 bridgehead atoms. The normalized spacial score (nSPS) is 23.8. The maximum absolute atomic E-state index is 12.5. The van der Waals surface area contributed by atoms with Crippen LogP contribution in [-0.4, -0.2) is 53.2 Å². The molecule has 9 nitrogen and oxygen atoms in total. The smallest absolute Gasteiger partial charge is 0.404 e. The summed E-state index contributed by atoms with van der Waals surface area (Å²) in [6.45, 7) is 2.26. The molecule has 2 aromatic rings. The second-order valence-electron chi connectivity index (χ2n) is 8.03. The Morgan fingerprint density at radius 3 is 2.76 bits per heavy atom. The first-order chi connectivity index (χ1) is 15.8. The fourth-order valence-electron chi connectivity index (χ4n) is 4.40. The molecule has 1 amide bonds. The average molecular weight is 485 g/mol. The van der Waals surface area contributed by atoms with Gasteiger partial charge in [0, 0.05) is 29.8 Å². The van der Waals surface area contributed by atoms with Crippen molar-refractivity contribution in [3.63, 3.8) is 0 Å². The molecule has 0 saturated carbocycles. The quantitative estimate of drug-likeness (QED) is 0.608. The number of hydrogen-bond donors (Lipinski definition) is 3. The summed E-state index contributed by atoms with van der Waals surface area (Å²) >= 11 is 5.93. The third kappa shape index (κ3) is 4.50. The van der Waals surface area contributed by atoms with Gasteiger partial charge in [0.05, 0.1) is 10.9 Å². The predicted octanol–water partition coefficient (Wildman–Crippen LogP) is 2.53. The fourth-order valence-corrected chi connectivity index (χ4v) is 4.62. The zero-order valence-corrected chi connectivity index (χ0v) is 17.9. The lowest BCUT2D eigenvalue weighted by Gasteiger charge is -2.38. The van der Waals surface area contributed by atoms with Crippen molar-refractivity contribution >= 4 is 17.5 Å².